The predicted octanol–water partition coefficient (Wildman–Crippen LogP) is 3.05. The van der Waals surface area contributed by atoms with Crippen LogP contribution in [0.3, 0.4) is 0 Å². The normalized spacial score (nSPS) is 14.9. The van der Waals surface area contributed by atoms with Gasteiger partial charge in [0.15, 0.2) is 5.13 Å². The first-order valence-electron chi connectivity index (χ1n) is 9.29. The first-order valence-corrected chi connectivity index (χ1v) is 10.5. The Bertz CT molecular complexity index is 950. The van der Waals surface area contributed by atoms with Gasteiger partial charge in [-0.1, -0.05) is 53.3 Å². The number of hydrogen-bond donors (Lipinski definition) is 2. The molecule has 2 N–H and O–H groups in total. The Morgan fingerprint density at radius 1 is 1.11 bits per heavy atom. The van der Waals surface area contributed by atoms with E-state index in [4.69, 9.17) is 16.6 Å². The number of anilines is 2. The van der Waals surface area contributed by atoms with E-state index in [-0.39, 0.29) is 5.91 Å². The molecule has 1 amide bonds. The van der Waals surface area contributed by atoms with E-state index in [1.807, 2.05) is 30.3 Å². The number of likely N-dealkylation sites (N-methyl/N-ethyl adjacent to an activating group) is 1. The van der Waals surface area contributed by atoms with E-state index < -0.39 is 0 Å². The summed E-state index contributed by atoms with van der Waals surface area (Å²) in [6.07, 6.45) is 0. The smallest absolute Gasteiger partial charge is 0.268 e. The zero-order chi connectivity index (χ0) is 19.5. The number of thiazole rings is 1. The summed E-state index contributed by atoms with van der Waals surface area (Å²) < 4.78 is 0. The number of nitrogens with one attached hydrogen (secondary N) is 2. The summed E-state index contributed by atoms with van der Waals surface area (Å²) in [6.45, 7) is 4.05. The third kappa shape index (κ3) is 4.19. The third-order valence-electron chi connectivity index (χ3n) is 4.86. The van der Waals surface area contributed by atoms with Gasteiger partial charge in [-0.25, -0.2) is 4.98 Å². The van der Waals surface area contributed by atoms with Crippen LogP contribution in [0.4, 0.5) is 10.8 Å². The van der Waals surface area contributed by atoms with Gasteiger partial charge in [0.05, 0.1) is 38.9 Å². The molecule has 28 heavy (non-hydrogen) atoms. The molecule has 1 aliphatic rings. The van der Waals surface area contributed by atoms with Crippen molar-refractivity contribution in [2.45, 2.75) is 0 Å². The molecule has 1 saturated heterocycles. The topological polar surface area (TPSA) is 49.7 Å². The number of piperazine rings is 1. The highest BCUT2D eigenvalue weighted by atomic mass is 35.5. The standard InChI is InChI=1S/C21H21ClN4OS/c1-25-11-13-26(14-12-25)21-24-18(15-5-3-2-4-6-15)19(28-21)20(27)23-17-9-7-16(22)8-10-17/h2-10H,11-14H2,1H3,(H,23,27)/p+1. The number of nitrogens with zero attached hydrogens (tertiary/aromatic N) is 2. The molecule has 3 aromatic rings. The van der Waals surface area contributed by atoms with Gasteiger partial charge in [0.2, 0.25) is 0 Å². The van der Waals surface area contributed by atoms with Crippen LogP contribution in [0.1, 0.15) is 9.67 Å². The third-order valence-corrected chi connectivity index (χ3v) is 6.23. The largest absolute Gasteiger partial charge is 0.337 e. The van der Waals surface area contributed by atoms with Crippen molar-refractivity contribution in [2.24, 2.45) is 0 Å². The van der Waals surface area contributed by atoms with E-state index >= 15 is 0 Å². The zero-order valence-corrected chi connectivity index (χ0v) is 17.2. The Hall–Kier alpha value is -2.41. The van der Waals surface area contributed by atoms with Gasteiger partial charge in [-0.3, -0.25) is 4.79 Å². The van der Waals surface area contributed by atoms with Crippen molar-refractivity contribution in [2.75, 3.05) is 43.4 Å². The van der Waals surface area contributed by atoms with Crippen molar-refractivity contribution in [1.82, 2.24) is 4.98 Å². The fraction of sp³-hybridized carbons (Fsp3) is 0.238. The summed E-state index contributed by atoms with van der Waals surface area (Å²) in [5, 5.41) is 4.52. The minimum Gasteiger partial charge on any atom is -0.337 e. The van der Waals surface area contributed by atoms with Crippen LogP contribution in [0.2, 0.25) is 5.02 Å². The van der Waals surface area contributed by atoms with E-state index in [1.165, 1.54) is 16.2 Å². The first kappa shape index (κ1) is 18.9. The minimum absolute atomic E-state index is 0.148. The van der Waals surface area contributed by atoms with Gasteiger partial charge in [-0.15, -0.1) is 0 Å². The minimum atomic E-state index is -0.148. The monoisotopic (exact) mass is 413 g/mol. The van der Waals surface area contributed by atoms with Gasteiger partial charge in [0.25, 0.3) is 5.91 Å². The van der Waals surface area contributed by atoms with Crippen LogP contribution >= 0.6 is 22.9 Å². The Labute approximate surface area is 173 Å². The highest BCUT2D eigenvalue weighted by Gasteiger charge is 2.25. The number of halogens is 1. The quantitative estimate of drug-likeness (QED) is 0.691. The second kappa shape index (κ2) is 8.31. The molecule has 144 valence electrons. The van der Waals surface area contributed by atoms with Gasteiger partial charge in [-0.05, 0) is 24.3 Å². The Kier molecular flexibility index (Phi) is 5.62. The van der Waals surface area contributed by atoms with Crippen LogP contribution in [0.5, 0.6) is 0 Å². The average Bonchev–Trinajstić information content (AvgIpc) is 3.16. The SMILES string of the molecule is C[NH+]1CCN(c2nc(-c3ccccc3)c(C(=O)Nc3ccc(Cl)cc3)s2)CC1. The summed E-state index contributed by atoms with van der Waals surface area (Å²) in [7, 11) is 2.21. The summed E-state index contributed by atoms with van der Waals surface area (Å²) in [4.78, 5) is 22.3. The number of hydrogen-bond acceptors (Lipinski definition) is 4. The van der Waals surface area contributed by atoms with Crippen molar-refractivity contribution in [3.63, 3.8) is 0 Å². The van der Waals surface area contributed by atoms with Gasteiger partial charge in [0.1, 0.15) is 4.88 Å². The molecular weight excluding hydrogens is 392 g/mol. The van der Waals surface area contributed by atoms with Crippen LogP contribution in [0, 0.1) is 0 Å². The molecule has 4 rings (SSSR count). The van der Waals surface area contributed by atoms with Crippen molar-refractivity contribution in [3.05, 3.63) is 64.5 Å². The molecule has 2 aromatic carbocycles. The summed E-state index contributed by atoms with van der Waals surface area (Å²) in [5.41, 5.74) is 2.40. The molecule has 2 heterocycles. The summed E-state index contributed by atoms with van der Waals surface area (Å²) >= 11 is 7.40. The number of quaternary nitrogens is 1. The summed E-state index contributed by atoms with van der Waals surface area (Å²) in [5.74, 6) is -0.148. The highest BCUT2D eigenvalue weighted by Crippen LogP contribution is 2.33. The number of aromatic nitrogens is 1. The van der Waals surface area contributed by atoms with Gasteiger partial charge < -0.3 is 15.1 Å². The number of rotatable bonds is 4. The molecule has 1 aliphatic heterocycles. The molecular formula is C21H22ClN4OS+. The van der Waals surface area contributed by atoms with E-state index in [0.717, 1.165) is 42.6 Å². The molecule has 1 fully saturated rings. The Morgan fingerprint density at radius 2 is 1.79 bits per heavy atom. The van der Waals surface area contributed by atoms with Gasteiger partial charge in [0, 0.05) is 16.3 Å². The van der Waals surface area contributed by atoms with Crippen molar-refractivity contribution < 1.29 is 9.69 Å². The number of carbonyl (C=O) groups excluding carboxylic acids is 1. The lowest BCUT2D eigenvalue weighted by Crippen LogP contribution is -3.12. The van der Waals surface area contributed by atoms with E-state index in [0.29, 0.717) is 15.6 Å². The maximum atomic E-state index is 13.0. The second-order valence-corrected chi connectivity index (χ2v) is 8.36. The van der Waals surface area contributed by atoms with Gasteiger partial charge in [-0.2, -0.15) is 0 Å². The van der Waals surface area contributed by atoms with Crippen LogP contribution in [-0.4, -0.2) is 44.1 Å². The lowest BCUT2D eigenvalue weighted by Gasteiger charge is -2.29. The first-order chi connectivity index (χ1) is 13.6. The van der Waals surface area contributed by atoms with E-state index in [2.05, 4.69) is 17.3 Å². The molecule has 5 nitrogen and oxygen atoms in total. The molecule has 0 spiro atoms. The molecule has 0 unspecified atom stereocenters. The van der Waals surface area contributed by atoms with Crippen molar-refractivity contribution in [3.8, 4) is 11.3 Å². The lowest BCUT2D eigenvalue weighted by atomic mass is 10.1. The Morgan fingerprint density at radius 3 is 2.46 bits per heavy atom. The lowest BCUT2D eigenvalue weighted by molar-refractivity contribution is -0.880. The van der Waals surface area contributed by atoms with Crippen LogP contribution in [0.25, 0.3) is 11.3 Å². The second-order valence-electron chi connectivity index (χ2n) is 6.95. The molecule has 0 radical (unpaired) electrons. The predicted molar refractivity (Wildman–Crippen MR) is 116 cm³/mol. The number of amides is 1. The molecule has 0 atom stereocenters. The van der Waals surface area contributed by atoms with Crippen LogP contribution in [0.15, 0.2) is 54.6 Å². The van der Waals surface area contributed by atoms with Gasteiger partial charge >= 0.3 is 0 Å². The fourth-order valence-electron chi connectivity index (χ4n) is 3.19. The average molecular weight is 414 g/mol. The fourth-order valence-corrected chi connectivity index (χ4v) is 4.35. The molecule has 1 aromatic heterocycles. The molecule has 0 saturated carbocycles. The molecule has 0 bridgehead atoms. The van der Waals surface area contributed by atoms with E-state index in [1.54, 1.807) is 24.3 Å². The van der Waals surface area contributed by atoms with Crippen LogP contribution < -0.4 is 15.1 Å². The number of carbonyl (C=O) groups is 1. The summed E-state index contributed by atoms with van der Waals surface area (Å²) in [6, 6.07) is 17.0. The van der Waals surface area contributed by atoms with E-state index in [9.17, 15) is 4.79 Å². The van der Waals surface area contributed by atoms with Crippen molar-refractivity contribution in [1.29, 1.82) is 0 Å². The zero-order valence-electron chi connectivity index (χ0n) is 15.6. The maximum absolute atomic E-state index is 13.0. The highest BCUT2D eigenvalue weighted by molar-refractivity contribution is 7.18. The van der Waals surface area contributed by atoms with Crippen molar-refractivity contribution >= 4 is 39.7 Å². The molecule has 7 heteroatoms. The maximum Gasteiger partial charge on any atom is 0.268 e. The molecule has 0 aliphatic carbocycles. The number of benzene rings is 2. The van der Waals surface area contributed by atoms with Crippen LogP contribution in [-0.2, 0) is 0 Å². The Balaban J connectivity index is 1.66.